The van der Waals surface area contributed by atoms with Crippen molar-refractivity contribution in [3.05, 3.63) is 0 Å². The fraction of sp³-hybridized carbons (Fsp3) is 1.00. The molecule has 0 atom stereocenters. The van der Waals surface area contributed by atoms with E-state index in [9.17, 15) is 4.39 Å². The molecule has 0 fully saturated rings. The van der Waals surface area contributed by atoms with Gasteiger partial charge in [0.15, 0.2) is 0 Å². The van der Waals surface area contributed by atoms with Crippen molar-refractivity contribution in [1.82, 2.24) is 0 Å². The van der Waals surface area contributed by atoms with Crippen molar-refractivity contribution in [2.45, 2.75) is 0 Å². The van der Waals surface area contributed by atoms with Crippen LogP contribution in [-0.4, -0.2) is 36.0 Å². The predicted molar refractivity (Wildman–Crippen MR) is 33.3 cm³/mol. The van der Waals surface area contributed by atoms with Crippen LogP contribution >= 0.6 is 11.6 Å². The van der Waals surface area contributed by atoms with Gasteiger partial charge in [0, 0.05) is 5.88 Å². The van der Waals surface area contributed by atoms with Gasteiger partial charge in [0.25, 0.3) is 0 Å². The average Bonchev–Trinajstić information content (AvgIpc) is 1.95. The molecule has 0 aliphatic carbocycles. The van der Waals surface area contributed by atoms with Crippen LogP contribution in [0.4, 0.5) is 4.39 Å². The van der Waals surface area contributed by atoms with E-state index in [1.54, 1.807) is 0 Å². The van der Waals surface area contributed by atoms with Crippen LogP contribution in [0.3, 0.4) is 0 Å². The molecule has 0 spiro atoms. The summed E-state index contributed by atoms with van der Waals surface area (Å²) in [4.78, 5) is 0. The van der Waals surface area contributed by atoms with Crippen molar-refractivity contribution in [3.63, 3.8) is 0 Å². The SMILES string of the molecule is OCC(CO)(CF)CCl. The van der Waals surface area contributed by atoms with Crippen molar-refractivity contribution >= 4 is 11.6 Å². The molecular weight excluding hydrogens is 147 g/mol. The number of hydrogen-bond acceptors (Lipinski definition) is 2. The molecule has 0 heterocycles. The number of alkyl halides is 2. The van der Waals surface area contributed by atoms with E-state index < -0.39 is 25.3 Å². The summed E-state index contributed by atoms with van der Waals surface area (Å²) >= 11 is 5.26. The largest absolute Gasteiger partial charge is 0.396 e. The third kappa shape index (κ3) is 2.08. The summed E-state index contributed by atoms with van der Waals surface area (Å²) in [5.41, 5.74) is -1.12. The minimum Gasteiger partial charge on any atom is -0.396 e. The lowest BCUT2D eigenvalue weighted by atomic mass is 9.95. The average molecular weight is 157 g/mol. The molecule has 0 amide bonds. The molecule has 0 rings (SSSR count). The molecule has 2 nitrogen and oxygen atoms in total. The number of aliphatic hydroxyl groups is 2. The molecule has 0 aliphatic rings. The molecular formula is C5H10ClFO2. The molecule has 0 aliphatic heterocycles. The lowest BCUT2D eigenvalue weighted by Gasteiger charge is -2.22. The highest BCUT2D eigenvalue weighted by Crippen LogP contribution is 2.17. The van der Waals surface area contributed by atoms with Gasteiger partial charge in [0.2, 0.25) is 0 Å². The zero-order valence-electron chi connectivity index (χ0n) is 4.98. The number of halogens is 2. The molecule has 0 saturated heterocycles. The first-order chi connectivity index (χ1) is 4.24. The Morgan fingerprint density at radius 2 is 1.78 bits per heavy atom. The van der Waals surface area contributed by atoms with E-state index in [0.29, 0.717) is 0 Å². The summed E-state index contributed by atoms with van der Waals surface area (Å²) in [6, 6.07) is 0. The van der Waals surface area contributed by atoms with Gasteiger partial charge in [-0.25, -0.2) is 0 Å². The third-order valence-corrected chi connectivity index (χ3v) is 1.80. The van der Waals surface area contributed by atoms with Gasteiger partial charge in [-0.3, -0.25) is 4.39 Å². The number of aliphatic hydroxyl groups excluding tert-OH is 2. The van der Waals surface area contributed by atoms with E-state index in [-0.39, 0.29) is 5.88 Å². The van der Waals surface area contributed by atoms with Crippen LogP contribution in [0.2, 0.25) is 0 Å². The minimum atomic E-state index is -1.12. The quantitative estimate of drug-likeness (QED) is 0.570. The van der Waals surface area contributed by atoms with E-state index in [4.69, 9.17) is 21.8 Å². The topological polar surface area (TPSA) is 40.5 Å². The Hall–Kier alpha value is 0.140. The van der Waals surface area contributed by atoms with Gasteiger partial charge in [0.05, 0.1) is 18.6 Å². The van der Waals surface area contributed by atoms with Crippen LogP contribution in [0, 0.1) is 5.41 Å². The van der Waals surface area contributed by atoms with Crippen molar-refractivity contribution in [1.29, 1.82) is 0 Å². The molecule has 0 radical (unpaired) electrons. The summed E-state index contributed by atoms with van der Waals surface area (Å²) in [5.74, 6) is -0.0590. The Morgan fingerprint density at radius 3 is 1.78 bits per heavy atom. The fourth-order valence-corrected chi connectivity index (χ4v) is 0.495. The molecule has 0 aromatic rings. The molecule has 56 valence electrons. The Kier molecular flexibility index (Phi) is 4.10. The van der Waals surface area contributed by atoms with Crippen LogP contribution in [-0.2, 0) is 0 Å². The number of hydrogen-bond donors (Lipinski definition) is 2. The summed E-state index contributed by atoms with van der Waals surface area (Å²) in [7, 11) is 0. The third-order valence-electron chi connectivity index (χ3n) is 1.24. The fourth-order valence-electron chi connectivity index (χ4n) is 0.255. The molecule has 2 N–H and O–H groups in total. The molecule has 9 heavy (non-hydrogen) atoms. The summed E-state index contributed by atoms with van der Waals surface area (Å²) in [6.45, 7) is -1.61. The maximum absolute atomic E-state index is 11.9. The predicted octanol–water partition coefficient (Wildman–Crippen LogP) is 0.166. The van der Waals surface area contributed by atoms with E-state index >= 15 is 0 Å². The normalized spacial score (nSPS) is 12.0. The van der Waals surface area contributed by atoms with E-state index in [1.165, 1.54) is 0 Å². The first-order valence-corrected chi connectivity index (χ1v) is 3.12. The summed E-state index contributed by atoms with van der Waals surface area (Å²) in [6.07, 6.45) is 0. The smallest absolute Gasteiger partial charge is 0.101 e. The Morgan fingerprint density at radius 1 is 1.33 bits per heavy atom. The monoisotopic (exact) mass is 156 g/mol. The second-order valence-corrected chi connectivity index (χ2v) is 2.35. The van der Waals surface area contributed by atoms with Gasteiger partial charge < -0.3 is 10.2 Å². The molecule has 0 saturated carbocycles. The molecule has 0 aromatic heterocycles. The van der Waals surface area contributed by atoms with Crippen LogP contribution in [0.25, 0.3) is 0 Å². The van der Waals surface area contributed by atoms with Crippen molar-refractivity contribution in [2.75, 3.05) is 25.8 Å². The van der Waals surface area contributed by atoms with Gasteiger partial charge in [-0.2, -0.15) is 0 Å². The first-order valence-electron chi connectivity index (χ1n) is 2.58. The van der Waals surface area contributed by atoms with Crippen LogP contribution in [0.5, 0.6) is 0 Å². The highest BCUT2D eigenvalue weighted by atomic mass is 35.5. The van der Waals surface area contributed by atoms with E-state index in [1.807, 2.05) is 0 Å². The van der Waals surface area contributed by atoms with Crippen LogP contribution in [0.15, 0.2) is 0 Å². The van der Waals surface area contributed by atoms with Crippen molar-refractivity contribution in [3.8, 4) is 0 Å². The summed E-state index contributed by atoms with van der Waals surface area (Å²) < 4.78 is 11.9. The van der Waals surface area contributed by atoms with Gasteiger partial charge in [-0.05, 0) is 0 Å². The molecule has 0 unspecified atom stereocenters. The maximum atomic E-state index is 11.9. The van der Waals surface area contributed by atoms with Gasteiger partial charge >= 0.3 is 0 Å². The Balaban J connectivity index is 3.82. The molecule has 4 heteroatoms. The van der Waals surface area contributed by atoms with E-state index in [0.717, 1.165) is 0 Å². The van der Waals surface area contributed by atoms with Gasteiger partial charge in [-0.1, -0.05) is 0 Å². The first kappa shape index (κ1) is 9.14. The second kappa shape index (κ2) is 4.04. The zero-order chi connectivity index (χ0) is 7.33. The zero-order valence-corrected chi connectivity index (χ0v) is 5.73. The second-order valence-electron chi connectivity index (χ2n) is 2.08. The van der Waals surface area contributed by atoms with Crippen molar-refractivity contribution in [2.24, 2.45) is 5.41 Å². The number of rotatable bonds is 4. The summed E-state index contributed by atoms with van der Waals surface area (Å²) in [5, 5.41) is 17.0. The highest BCUT2D eigenvalue weighted by Gasteiger charge is 2.27. The lowest BCUT2D eigenvalue weighted by molar-refractivity contribution is 0.0513. The van der Waals surface area contributed by atoms with Crippen molar-refractivity contribution < 1.29 is 14.6 Å². The van der Waals surface area contributed by atoms with Crippen LogP contribution in [0.1, 0.15) is 0 Å². The standard InChI is InChI=1S/C5H10ClFO2/c6-1-5(2-7,3-8)4-9/h8-9H,1-4H2. The molecule has 0 bridgehead atoms. The van der Waals surface area contributed by atoms with Gasteiger partial charge in [0.1, 0.15) is 6.67 Å². The van der Waals surface area contributed by atoms with Crippen LogP contribution < -0.4 is 0 Å². The van der Waals surface area contributed by atoms with E-state index in [2.05, 4.69) is 0 Å². The molecule has 0 aromatic carbocycles. The van der Waals surface area contributed by atoms with Gasteiger partial charge in [-0.15, -0.1) is 11.6 Å². The Labute approximate surface area is 58.3 Å². The maximum Gasteiger partial charge on any atom is 0.101 e. The highest BCUT2D eigenvalue weighted by molar-refractivity contribution is 6.18. The lowest BCUT2D eigenvalue weighted by Crippen LogP contribution is -2.33. The Bertz CT molecular complexity index is 57.8. The minimum absolute atomic E-state index is 0.0590.